The predicted molar refractivity (Wildman–Crippen MR) is 89.8 cm³/mol. The maximum Gasteiger partial charge on any atom is 0.243 e. The van der Waals surface area contributed by atoms with E-state index in [0.717, 1.165) is 31.4 Å². The fraction of sp³-hybridized carbons (Fsp3) is 0.588. The number of anilines is 1. The highest BCUT2D eigenvalue weighted by molar-refractivity contribution is 7.89. The van der Waals surface area contributed by atoms with Gasteiger partial charge in [-0.25, -0.2) is 8.42 Å². The number of sulfonamides is 1. The minimum Gasteiger partial charge on any atom is -0.312 e. The second-order valence-corrected chi connectivity index (χ2v) is 8.54. The summed E-state index contributed by atoms with van der Waals surface area (Å²) in [7, 11) is -3.43. The van der Waals surface area contributed by atoms with Crippen molar-refractivity contribution in [1.29, 1.82) is 0 Å². The molecule has 6 heteroatoms. The summed E-state index contributed by atoms with van der Waals surface area (Å²) in [6, 6.07) is 6.77. The third-order valence-corrected chi connectivity index (χ3v) is 6.61. The Morgan fingerprint density at radius 2 is 1.78 bits per heavy atom. The van der Waals surface area contributed by atoms with E-state index in [1.165, 1.54) is 0 Å². The number of rotatable bonds is 3. The molecule has 0 N–H and O–H groups in total. The fourth-order valence-corrected chi connectivity index (χ4v) is 4.99. The number of benzene rings is 1. The molecule has 0 radical (unpaired) electrons. The van der Waals surface area contributed by atoms with Crippen molar-refractivity contribution in [2.24, 2.45) is 5.92 Å². The molecular formula is C17H24N2O3S. The Bertz CT molecular complexity index is 670. The topological polar surface area (TPSA) is 57.7 Å². The van der Waals surface area contributed by atoms with E-state index >= 15 is 0 Å². The zero-order chi connectivity index (χ0) is 16.4. The summed E-state index contributed by atoms with van der Waals surface area (Å²) in [6.45, 7) is 4.00. The van der Waals surface area contributed by atoms with Crippen LogP contribution in [-0.2, 0) is 14.8 Å². The van der Waals surface area contributed by atoms with Gasteiger partial charge in [0.1, 0.15) is 0 Å². The van der Waals surface area contributed by atoms with Crippen molar-refractivity contribution in [3.05, 3.63) is 24.3 Å². The molecule has 1 amide bonds. The average Bonchev–Trinajstić information content (AvgIpc) is 2.55. The average molecular weight is 336 g/mol. The number of carbonyl (C=O) groups is 1. The van der Waals surface area contributed by atoms with Gasteiger partial charge in [0.25, 0.3) is 0 Å². The highest BCUT2D eigenvalue weighted by Crippen LogP contribution is 2.26. The van der Waals surface area contributed by atoms with Gasteiger partial charge in [0, 0.05) is 31.7 Å². The van der Waals surface area contributed by atoms with Crippen molar-refractivity contribution in [3.63, 3.8) is 0 Å². The molecule has 0 saturated carbocycles. The molecule has 0 spiro atoms. The van der Waals surface area contributed by atoms with Gasteiger partial charge in [-0.15, -0.1) is 0 Å². The molecule has 126 valence electrons. The van der Waals surface area contributed by atoms with Crippen LogP contribution in [0.15, 0.2) is 29.2 Å². The van der Waals surface area contributed by atoms with Crippen LogP contribution in [-0.4, -0.2) is 38.3 Å². The van der Waals surface area contributed by atoms with E-state index in [2.05, 4.69) is 6.92 Å². The SMILES string of the molecule is C[C@@H]1CCCN(S(=O)(=O)c2ccc(N3CCCCC3=O)cc2)C1. The van der Waals surface area contributed by atoms with E-state index in [1.807, 2.05) is 0 Å². The highest BCUT2D eigenvalue weighted by atomic mass is 32.2. The molecule has 2 aliphatic rings. The van der Waals surface area contributed by atoms with Gasteiger partial charge in [-0.05, 0) is 55.9 Å². The van der Waals surface area contributed by atoms with E-state index < -0.39 is 10.0 Å². The van der Waals surface area contributed by atoms with Crippen LogP contribution < -0.4 is 4.90 Å². The van der Waals surface area contributed by atoms with Gasteiger partial charge in [-0.2, -0.15) is 4.31 Å². The molecule has 23 heavy (non-hydrogen) atoms. The van der Waals surface area contributed by atoms with E-state index in [-0.39, 0.29) is 5.91 Å². The van der Waals surface area contributed by atoms with Crippen molar-refractivity contribution in [1.82, 2.24) is 4.31 Å². The normalized spacial score (nSPS) is 24.0. The minimum atomic E-state index is -3.43. The van der Waals surface area contributed by atoms with Crippen molar-refractivity contribution in [2.75, 3.05) is 24.5 Å². The summed E-state index contributed by atoms with van der Waals surface area (Å²) in [4.78, 5) is 14.0. The van der Waals surface area contributed by atoms with E-state index in [0.29, 0.717) is 36.9 Å². The molecule has 0 aliphatic carbocycles. The molecule has 2 aliphatic heterocycles. The van der Waals surface area contributed by atoms with E-state index in [9.17, 15) is 13.2 Å². The summed E-state index contributed by atoms with van der Waals surface area (Å²) in [5.41, 5.74) is 0.792. The molecule has 2 heterocycles. The fourth-order valence-electron chi connectivity index (χ4n) is 3.39. The zero-order valence-electron chi connectivity index (χ0n) is 13.6. The Labute approximate surface area is 138 Å². The van der Waals surface area contributed by atoms with Crippen molar-refractivity contribution in [3.8, 4) is 0 Å². The van der Waals surface area contributed by atoms with Crippen molar-refractivity contribution < 1.29 is 13.2 Å². The van der Waals surface area contributed by atoms with Gasteiger partial charge in [-0.3, -0.25) is 4.79 Å². The molecular weight excluding hydrogens is 312 g/mol. The molecule has 1 aromatic carbocycles. The van der Waals surface area contributed by atoms with Crippen molar-refractivity contribution in [2.45, 2.75) is 43.9 Å². The van der Waals surface area contributed by atoms with Crippen LogP contribution in [0, 0.1) is 5.92 Å². The Morgan fingerprint density at radius 3 is 2.43 bits per heavy atom. The number of hydrogen-bond donors (Lipinski definition) is 0. The first-order chi connectivity index (χ1) is 11.0. The quantitative estimate of drug-likeness (QED) is 0.852. The van der Waals surface area contributed by atoms with Gasteiger partial charge < -0.3 is 4.90 Å². The largest absolute Gasteiger partial charge is 0.312 e. The van der Waals surface area contributed by atoms with Gasteiger partial charge in [0.05, 0.1) is 4.90 Å². The Hall–Kier alpha value is -1.40. The number of amides is 1. The lowest BCUT2D eigenvalue weighted by molar-refractivity contribution is -0.119. The van der Waals surface area contributed by atoms with Crippen LogP contribution in [0.25, 0.3) is 0 Å². The molecule has 2 saturated heterocycles. The predicted octanol–water partition coefficient (Wildman–Crippen LogP) is 2.62. The Morgan fingerprint density at radius 1 is 1.04 bits per heavy atom. The zero-order valence-corrected chi connectivity index (χ0v) is 14.4. The maximum atomic E-state index is 12.7. The van der Waals surface area contributed by atoms with Crippen LogP contribution in [0.1, 0.15) is 39.0 Å². The van der Waals surface area contributed by atoms with Crippen LogP contribution in [0.2, 0.25) is 0 Å². The van der Waals surface area contributed by atoms with Crippen LogP contribution in [0.5, 0.6) is 0 Å². The smallest absolute Gasteiger partial charge is 0.243 e. The molecule has 0 aromatic heterocycles. The summed E-state index contributed by atoms with van der Waals surface area (Å²) in [5, 5.41) is 0. The van der Waals surface area contributed by atoms with Crippen molar-refractivity contribution >= 4 is 21.6 Å². The monoisotopic (exact) mass is 336 g/mol. The lowest BCUT2D eigenvalue weighted by Gasteiger charge is -2.30. The third-order valence-electron chi connectivity index (χ3n) is 4.73. The Kier molecular flexibility index (Phi) is 4.73. The third kappa shape index (κ3) is 3.43. The Balaban J connectivity index is 1.79. The van der Waals surface area contributed by atoms with Gasteiger partial charge in [0.2, 0.25) is 15.9 Å². The summed E-state index contributed by atoms with van der Waals surface area (Å²) < 4.78 is 27.0. The van der Waals surface area contributed by atoms with E-state index in [4.69, 9.17) is 0 Å². The summed E-state index contributed by atoms with van der Waals surface area (Å²) in [5.74, 6) is 0.528. The van der Waals surface area contributed by atoms with Crippen LogP contribution >= 0.6 is 0 Å². The van der Waals surface area contributed by atoms with E-state index in [1.54, 1.807) is 33.5 Å². The first kappa shape index (κ1) is 16.5. The van der Waals surface area contributed by atoms with Crippen LogP contribution in [0.3, 0.4) is 0 Å². The first-order valence-corrected chi connectivity index (χ1v) is 9.83. The lowest BCUT2D eigenvalue weighted by atomic mass is 10.0. The molecule has 1 aromatic rings. The van der Waals surface area contributed by atoms with Gasteiger partial charge in [0.15, 0.2) is 0 Å². The lowest BCUT2D eigenvalue weighted by Crippen LogP contribution is -2.39. The number of hydrogen-bond acceptors (Lipinski definition) is 3. The number of piperidine rings is 2. The minimum absolute atomic E-state index is 0.122. The summed E-state index contributed by atoms with van der Waals surface area (Å²) in [6.07, 6.45) is 4.51. The first-order valence-electron chi connectivity index (χ1n) is 8.39. The molecule has 0 unspecified atom stereocenters. The van der Waals surface area contributed by atoms with Gasteiger partial charge in [-0.1, -0.05) is 6.92 Å². The molecule has 0 bridgehead atoms. The second-order valence-electron chi connectivity index (χ2n) is 6.61. The molecule has 1 atom stereocenters. The molecule has 3 rings (SSSR count). The summed E-state index contributed by atoms with van der Waals surface area (Å²) >= 11 is 0. The maximum absolute atomic E-state index is 12.7. The second kappa shape index (κ2) is 6.61. The molecule has 2 fully saturated rings. The standard InChI is InChI=1S/C17H24N2O3S/c1-14-5-4-11-18(13-14)23(21,22)16-9-7-15(8-10-16)19-12-3-2-6-17(19)20/h7-10,14H,2-6,11-13H2,1H3/t14-/m1/s1. The van der Waals surface area contributed by atoms with Gasteiger partial charge >= 0.3 is 0 Å². The van der Waals surface area contributed by atoms with Crippen LogP contribution in [0.4, 0.5) is 5.69 Å². The highest BCUT2D eigenvalue weighted by Gasteiger charge is 2.29. The number of nitrogens with zero attached hydrogens (tertiary/aromatic N) is 2. The number of carbonyl (C=O) groups excluding carboxylic acids is 1. The molecule has 5 nitrogen and oxygen atoms in total.